The summed E-state index contributed by atoms with van der Waals surface area (Å²) in [6.45, 7) is 0.942. The monoisotopic (exact) mass is 292 g/mol. The number of aromatic nitrogens is 2. The first-order chi connectivity index (χ1) is 8.25. The van der Waals surface area contributed by atoms with Crippen LogP contribution in [0.5, 0.6) is 0 Å². The van der Waals surface area contributed by atoms with Crippen LogP contribution in [-0.4, -0.2) is 14.7 Å². The van der Waals surface area contributed by atoms with Crippen molar-refractivity contribution in [1.82, 2.24) is 9.55 Å². The molecule has 17 heavy (non-hydrogen) atoms. The Labute approximate surface area is 108 Å². The molecule has 0 fully saturated rings. The van der Waals surface area contributed by atoms with Crippen LogP contribution < -0.4 is 0 Å². The molecule has 88 valence electrons. The number of fused-ring (bicyclic) bond motifs is 1. The maximum atomic E-state index is 9.90. The molecule has 1 N–H and O–H groups in total. The summed E-state index contributed by atoms with van der Waals surface area (Å²) in [4.78, 5) is 4.44. The maximum absolute atomic E-state index is 9.90. The zero-order chi connectivity index (χ0) is 11.8. The van der Waals surface area contributed by atoms with Gasteiger partial charge in [-0.25, -0.2) is 4.98 Å². The summed E-state index contributed by atoms with van der Waals surface area (Å²) in [5.41, 5.74) is 2.03. The van der Waals surface area contributed by atoms with Crippen LogP contribution in [0.2, 0.25) is 0 Å². The molecule has 3 nitrogen and oxygen atoms in total. The van der Waals surface area contributed by atoms with E-state index in [1.807, 2.05) is 24.3 Å². The van der Waals surface area contributed by atoms with Crippen LogP contribution in [0.15, 0.2) is 34.9 Å². The molecule has 0 spiro atoms. The van der Waals surface area contributed by atoms with E-state index in [1.54, 1.807) is 6.20 Å². The van der Waals surface area contributed by atoms with Crippen LogP contribution in [0.3, 0.4) is 0 Å². The zero-order valence-corrected chi connectivity index (χ0v) is 10.9. The van der Waals surface area contributed by atoms with Crippen molar-refractivity contribution in [2.45, 2.75) is 25.5 Å². The van der Waals surface area contributed by atoms with Crippen molar-refractivity contribution in [1.29, 1.82) is 0 Å². The number of aliphatic hydroxyl groups is 1. The Hall–Kier alpha value is -1.13. The summed E-state index contributed by atoms with van der Waals surface area (Å²) in [5, 5.41) is 9.90. The van der Waals surface area contributed by atoms with Crippen LogP contribution in [0.1, 0.15) is 24.6 Å². The number of benzene rings is 1. The standard InChI is InChI=1S/C13H13BrN2O/c14-10-5-3-9(4-6-10)13-15-8-11-12(17)2-1-7-16(11)13/h3-6,8,12,17H,1-2,7H2. The summed E-state index contributed by atoms with van der Waals surface area (Å²) in [6.07, 6.45) is 3.28. The van der Waals surface area contributed by atoms with Crippen LogP contribution >= 0.6 is 15.9 Å². The van der Waals surface area contributed by atoms with Crippen LogP contribution in [0.25, 0.3) is 11.4 Å². The number of halogens is 1. The van der Waals surface area contributed by atoms with Crippen LogP contribution in [-0.2, 0) is 6.54 Å². The fraction of sp³-hybridized carbons (Fsp3) is 0.308. The SMILES string of the molecule is OC1CCCn2c1cnc2-c1ccc(Br)cc1. The molecule has 3 rings (SSSR count). The first-order valence-corrected chi connectivity index (χ1v) is 6.54. The smallest absolute Gasteiger partial charge is 0.140 e. The molecule has 0 radical (unpaired) electrons. The largest absolute Gasteiger partial charge is 0.387 e. The molecule has 0 aliphatic carbocycles. The van der Waals surface area contributed by atoms with Gasteiger partial charge in [0.2, 0.25) is 0 Å². The van der Waals surface area contributed by atoms with Gasteiger partial charge in [0.15, 0.2) is 0 Å². The summed E-state index contributed by atoms with van der Waals surface area (Å²) in [5.74, 6) is 0.950. The first-order valence-electron chi connectivity index (χ1n) is 5.75. The summed E-state index contributed by atoms with van der Waals surface area (Å²) >= 11 is 3.43. The Kier molecular flexibility index (Phi) is 2.76. The molecule has 0 bridgehead atoms. The van der Waals surface area contributed by atoms with Crippen molar-refractivity contribution in [3.8, 4) is 11.4 Å². The second-order valence-electron chi connectivity index (χ2n) is 4.32. The highest BCUT2D eigenvalue weighted by Gasteiger charge is 2.21. The summed E-state index contributed by atoms with van der Waals surface area (Å²) in [7, 11) is 0. The van der Waals surface area contributed by atoms with Crippen molar-refractivity contribution in [2.75, 3.05) is 0 Å². The Bertz CT molecular complexity index is 533. The van der Waals surface area contributed by atoms with E-state index < -0.39 is 0 Å². The lowest BCUT2D eigenvalue weighted by atomic mass is 10.1. The van der Waals surface area contributed by atoms with Gasteiger partial charge in [0, 0.05) is 16.6 Å². The molecule has 1 aromatic heterocycles. The molecule has 2 aromatic rings. The predicted octanol–water partition coefficient (Wildman–Crippen LogP) is 3.14. The van der Waals surface area contributed by atoms with Crippen molar-refractivity contribution in [3.05, 3.63) is 40.6 Å². The Morgan fingerprint density at radius 2 is 2.06 bits per heavy atom. The van der Waals surface area contributed by atoms with Crippen LogP contribution in [0, 0.1) is 0 Å². The number of hydrogen-bond acceptors (Lipinski definition) is 2. The Balaban J connectivity index is 2.07. The first kappa shape index (κ1) is 11.0. The average Bonchev–Trinajstić information content (AvgIpc) is 2.75. The minimum atomic E-state index is -0.361. The van der Waals surface area contributed by atoms with E-state index in [0.29, 0.717) is 0 Å². The van der Waals surface area contributed by atoms with E-state index in [9.17, 15) is 5.11 Å². The van der Waals surface area contributed by atoms with Gasteiger partial charge >= 0.3 is 0 Å². The lowest BCUT2D eigenvalue weighted by Crippen LogP contribution is -2.15. The highest BCUT2D eigenvalue weighted by atomic mass is 79.9. The number of rotatable bonds is 1. The third-order valence-electron chi connectivity index (χ3n) is 3.19. The van der Waals surface area contributed by atoms with E-state index in [0.717, 1.165) is 40.9 Å². The molecule has 1 aromatic carbocycles. The molecule has 2 heterocycles. The molecule has 0 amide bonds. The highest BCUT2D eigenvalue weighted by Crippen LogP contribution is 2.30. The molecule has 0 saturated heterocycles. The van der Waals surface area contributed by atoms with Gasteiger partial charge in [-0.3, -0.25) is 0 Å². The lowest BCUT2D eigenvalue weighted by Gasteiger charge is -2.21. The van der Waals surface area contributed by atoms with Gasteiger partial charge < -0.3 is 9.67 Å². The van der Waals surface area contributed by atoms with Gasteiger partial charge in [0.25, 0.3) is 0 Å². The van der Waals surface area contributed by atoms with Gasteiger partial charge in [0.1, 0.15) is 5.82 Å². The number of aliphatic hydroxyl groups excluding tert-OH is 1. The van der Waals surface area contributed by atoms with Crippen molar-refractivity contribution in [2.24, 2.45) is 0 Å². The molecule has 4 heteroatoms. The average molecular weight is 293 g/mol. The third-order valence-corrected chi connectivity index (χ3v) is 3.72. The topological polar surface area (TPSA) is 38.0 Å². The number of hydrogen-bond donors (Lipinski definition) is 1. The Morgan fingerprint density at radius 1 is 1.29 bits per heavy atom. The lowest BCUT2D eigenvalue weighted by molar-refractivity contribution is 0.139. The normalized spacial score (nSPS) is 19.1. The zero-order valence-electron chi connectivity index (χ0n) is 9.31. The summed E-state index contributed by atoms with van der Waals surface area (Å²) < 4.78 is 3.18. The summed E-state index contributed by atoms with van der Waals surface area (Å²) in [6, 6.07) is 8.10. The molecule has 1 unspecified atom stereocenters. The van der Waals surface area contributed by atoms with E-state index in [1.165, 1.54) is 0 Å². The van der Waals surface area contributed by atoms with E-state index in [4.69, 9.17) is 0 Å². The highest BCUT2D eigenvalue weighted by molar-refractivity contribution is 9.10. The van der Waals surface area contributed by atoms with Gasteiger partial charge in [-0.1, -0.05) is 28.1 Å². The van der Waals surface area contributed by atoms with Crippen LogP contribution in [0.4, 0.5) is 0 Å². The van der Waals surface area contributed by atoms with E-state index in [2.05, 4.69) is 25.5 Å². The van der Waals surface area contributed by atoms with Crippen molar-refractivity contribution < 1.29 is 5.11 Å². The number of imidazole rings is 1. The predicted molar refractivity (Wildman–Crippen MR) is 69.6 cm³/mol. The molecular formula is C13H13BrN2O. The maximum Gasteiger partial charge on any atom is 0.140 e. The number of nitrogens with zero attached hydrogens (tertiary/aromatic N) is 2. The Morgan fingerprint density at radius 3 is 2.82 bits per heavy atom. The second kappa shape index (κ2) is 4.27. The fourth-order valence-electron chi connectivity index (χ4n) is 2.31. The van der Waals surface area contributed by atoms with E-state index in [-0.39, 0.29) is 6.10 Å². The minimum Gasteiger partial charge on any atom is -0.387 e. The van der Waals surface area contributed by atoms with Gasteiger partial charge in [-0.15, -0.1) is 0 Å². The molecule has 1 aliphatic heterocycles. The fourth-order valence-corrected chi connectivity index (χ4v) is 2.57. The molecule has 1 aliphatic rings. The third kappa shape index (κ3) is 1.91. The van der Waals surface area contributed by atoms with Crippen molar-refractivity contribution >= 4 is 15.9 Å². The van der Waals surface area contributed by atoms with Gasteiger partial charge in [-0.2, -0.15) is 0 Å². The van der Waals surface area contributed by atoms with Gasteiger partial charge in [0.05, 0.1) is 18.0 Å². The molecule has 1 atom stereocenters. The van der Waals surface area contributed by atoms with E-state index >= 15 is 0 Å². The molecule has 0 saturated carbocycles. The minimum absolute atomic E-state index is 0.361. The second-order valence-corrected chi connectivity index (χ2v) is 5.24. The van der Waals surface area contributed by atoms with Crippen molar-refractivity contribution in [3.63, 3.8) is 0 Å². The molecular weight excluding hydrogens is 280 g/mol. The quantitative estimate of drug-likeness (QED) is 0.877. The van der Waals surface area contributed by atoms with Gasteiger partial charge in [-0.05, 0) is 25.0 Å².